The molecule has 25 heavy (non-hydrogen) atoms. The Labute approximate surface area is 146 Å². The molecule has 1 atom stereocenters. The van der Waals surface area contributed by atoms with Gasteiger partial charge in [-0.15, -0.1) is 0 Å². The number of aromatic amines is 1. The number of ketones is 1. The van der Waals surface area contributed by atoms with Crippen LogP contribution in [0.5, 0.6) is 5.75 Å². The van der Waals surface area contributed by atoms with Gasteiger partial charge in [0.05, 0.1) is 29.5 Å². The molecule has 6 nitrogen and oxygen atoms in total. The zero-order valence-corrected chi connectivity index (χ0v) is 14.7. The van der Waals surface area contributed by atoms with Crippen molar-refractivity contribution in [3.63, 3.8) is 0 Å². The fourth-order valence-electron chi connectivity index (χ4n) is 2.57. The van der Waals surface area contributed by atoms with Crippen molar-refractivity contribution in [2.24, 2.45) is 0 Å². The molecule has 0 saturated heterocycles. The zero-order valence-electron chi connectivity index (χ0n) is 14.7. The maximum absolute atomic E-state index is 12.7. The van der Waals surface area contributed by atoms with Crippen molar-refractivity contribution in [2.75, 3.05) is 6.61 Å². The number of nitrogens with one attached hydrogen (secondary N) is 1. The van der Waals surface area contributed by atoms with Crippen molar-refractivity contribution in [2.45, 2.75) is 33.8 Å². The molecule has 1 aromatic heterocycles. The van der Waals surface area contributed by atoms with Gasteiger partial charge in [0.2, 0.25) is 5.78 Å². The van der Waals surface area contributed by atoms with Crippen molar-refractivity contribution in [3.05, 3.63) is 52.3 Å². The number of carbonyl (C=O) groups is 2. The number of esters is 1. The Morgan fingerprint density at radius 1 is 1.24 bits per heavy atom. The highest BCUT2D eigenvalue weighted by molar-refractivity contribution is 6.03. The molecule has 1 N–H and O–H groups in total. The Bertz CT molecular complexity index is 828. The summed E-state index contributed by atoms with van der Waals surface area (Å²) in [6.07, 6.45) is -0.750. The van der Waals surface area contributed by atoms with Gasteiger partial charge in [0.1, 0.15) is 5.75 Å². The number of rotatable bonds is 6. The highest BCUT2D eigenvalue weighted by Crippen LogP contribution is 2.22. The maximum Gasteiger partial charge on any atom is 0.340 e. The zero-order chi connectivity index (χ0) is 18.6. The van der Waals surface area contributed by atoms with E-state index < -0.39 is 12.1 Å². The van der Waals surface area contributed by atoms with Crippen molar-refractivity contribution in [3.8, 4) is 11.8 Å². The second-order valence-electron chi connectivity index (χ2n) is 5.61. The van der Waals surface area contributed by atoms with Gasteiger partial charge in [0, 0.05) is 5.69 Å². The number of carbonyl (C=O) groups excluding carboxylic acids is 2. The smallest absolute Gasteiger partial charge is 0.340 e. The van der Waals surface area contributed by atoms with Gasteiger partial charge in [-0.25, -0.2) is 4.79 Å². The van der Waals surface area contributed by atoms with Gasteiger partial charge in [-0.05, 0) is 57.5 Å². The molecule has 0 aliphatic heterocycles. The maximum atomic E-state index is 12.7. The summed E-state index contributed by atoms with van der Waals surface area (Å²) in [6.45, 7) is 7.07. The molecule has 0 bridgehead atoms. The molecule has 2 aromatic rings. The van der Waals surface area contributed by atoms with Gasteiger partial charge in [-0.2, -0.15) is 5.26 Å². The summed E-state index contributed by atoms with van der Waals surface area (Å²) in [5.74, 6) is -0.222. The Morgan fingerprint density at radius 3 is 2.44 bits per heavy atom. The van der Waals surface area contributed by atoms with Crippen molar-refractivity contribution >= 4 is 11.8 Å². The summed E-state index contributed by atoms with van der Waals surface area (Å²) in [6, 6.07) is 8.54. The van der Waals surface area contributed by atoms with Gasteiger partial charge in [-0.1, -0.05) is 0 Å². The standard InChI is InChI=1S/C19H20N2O4/c1-5-24-19(23)16-11(2)17(21-12(16)3)18(22)13(4)25-15-8-6-14(10-20)7-9-15/h6-9,13,21H,5H2,1-4H3/t13-/m0/s1. The quantitative estimate of drug-likeness (QED) is 0.643. The van der Waals surface area contributed by atoms with Crippen LogP contribution in [-0.2, 0) is 4.74 Å². The first-order valence-corrected chi connectivity index (χ1v) is 7.96. The van der Waals surface area contributed by atoms with Crippen LogP contribution in [0.1, 0.15) is 51.5 Å². The second kappa shape index (κ2) is 7.67. The molecule has 1 heterocycles. The third kappa shape index (κ3) is 3.89. The first-order valence-electron chi connectivity index (χ1n) is 7.96. The van der Waals surface area contributed by atoms with Crippen LogP contribution < -0.4 is 4.74 Å². The van der Waals surface area contributed by atoms with Crippen LogP contribution in [0.2, 0.25) is 0 Å². The van der Waals surface area contributed by atoms with Crippen LogP contribution in [-0.4, -0.2) is 29.4 Å². The lowest BCUT2D eigenvalue weighted by Crippen LogP contribution is -2.25. The number of Topliss-reactive ketones (excluding diaryl/α,β-unsaturated/α-hetero) is 1. The third-order valence-corrected chi connectivity index (χ3v) is 3.83. The average Bonchev–Trinajstić information content (AvgIpc) is 2.89. The second-order valence-corrected chi connectivity index (χ2v) is 5.61. The molecule has 6 heteroatoms. The number of benzene rings is 1. The number of nitriles is 1. The highest BCUT2D eigenvalue weighted by Gasteiger charge is 2.26. The van der Waals surface area contributed by atoms with E-state index in [0.29, 0.717) is 33.8 Å². The Balaban J connectivity index is 2.20. The molecule has 130 valence electrons. The van der Waals surface area contributed by atoms with Crippen molar-refractivity contribution in [1.82, 2.24) is 4.98 Å². The van der Waals surface area contributed by atoms with E-state index in [1.807, 2.05) is 6.07 Å². The largest absolute Gasteiger partial charge is 0.483 e. The van der Waals surface area contributed by atoms with E-state index in [-0.39, 0.29) is 12.4 Å². The SMILES string of the molecule is CCOC(=O)c1c(C)[nH]c(C(=O)[C@H](C)Oc2ccc(C#N)cc2)c1C. The molecule has 0 saturated carbocycles. The fourth-order valence-corrected chi connectivity index (χ4v) is 2.57. The van der Waals surface area contributed by atoms with E-state index in [4.69, 9.17) is 14.7 Å². The van der Waals surface area contributed by atoms with Crippen LogP contribution in [0.15, 0.2) is 24.3 Å². The minimum Gasteiger partial charge on any atom is -0.483 e. The van der Waals surface area contributed by atoms with E-state index in [2.05, 4.69) is 4.98 Å². The third-order valence-electron chi connectivity index (χ3n) is 3.83. The predicted molar refractivity (Wildman–Crippen MR) is 91.8 cm³/mol. The lowest BCUT2D eigenvalue weighted by atomic mass is 10.1. The summed E-state index contributed by atoms with van der Waals surface area (Å²) in [4.78, 5) is 27.7. The minimum absolute atomic E-state index is 0.263. The number of aromatic nitrogens is 1. The van der Waals surface area contributed by atoms with Crippen LogP contribution in [0.4, 0.5) is 0 Å². The number of hydrogen-bond donors (Lipinski definition) is 1. The van der Waals surface area contributed by atoms with Crippen LogP contribution >= 0.6 is 0 Å². The highest BCUT2D eigenvalue weighted by atomic mass is 16.5. The van der Waals surface area contributed by atoms with Crippen molar-refractivity contribution < 1.29 is 19.1 Å². The van der Waals surface area contributed by atoms with Gasteiger partial charge < -0.3 is 14.5 Å². The molecule has 0 aliphatic carbocycles. The van der Waals surface area contributed by atoms with Crippen LogP contribution in [0, 0.1) is 25.2 Å². The number of hydrogen-bond acceptors (Lipinski definition) is 5. The van der Waals surface area contributed by atoms with Gasteiger partial charge >= 0.3 is 5.97 Å². The van der Waals surface area contributed by atoms with E-state index in [1.165, 1.54) is 0 Å². The Kier molecular flexibility index (Phi) is 5.60. The first kappa shape index (κ1) is 18.3. The molecule has 0 amide bonds. The summed E-state index contributed by atoms with van der Waals surface area (Å²) in [5, 5.41) is 8.80. The molecule has 0 fully saturated rings. The monoisotopic (exact) mass is 340 g/mol. The molecule has 0 radical (unpaired) electrons. The molecule has 2 rings (SSSR count). The predicted octanol–water partition coefficient (Wildman–Crippen LogP) is 3.33. The summed E-state index contributed by atoms with van der Waals surface area (Å²) in [7, 11) is 0. The summed E-state index contributed by atoms with van der Waals surface area (Å²) < 4.78 is 10.7. The van der Waals surface area contributed by atoms with Crippen molar-refractivity contribution in [1.29, 1.82) is 5.26 Å². The molecule has 0 unspecified atom stereocenters. The van der Waals surface area contributed by atoms with Gasteiger partial charge in [0.15, 0.2) is 6.10 Å². The normalized spacial score (nSPS) is 11.5. The van der Waals surface area contributed by atoms with Crippen LogP contribution in [0.25, 0.3) is 0 Å². The van der Waals surface area contributed by atoms with Gasteiger partial charge in [0.25, 0.3) is 0 Å². The lowest BCUT2D eigenvalue weighted by Gasteiger charge is -2.13. The van der Waals surface area contributed by atoms with E-state index in [1.54, 1.807) is 52.0 Å². The number of ether oxygens (including phenoxy) is 2. The summed E-state index contributed by atoms with van der Waals surface area (Å²) >= 11 is 0. The van der Waals surface area contributed by atoms with E-state index in [0.717, 1.165) is 0 Å². The molecule has 0 aliphatic rings. The lowest BCUT2D eigenvalue weighted by molar-refractivity contribution is 0.0525. The Morgan fingerprint density at radius 2 is 1.88 bits per heavy atom. The van der Waals surface area contributed by atoms with E-state index in [9.17, 15) is 9.59 Å². The Hall–Kier alpha value is -3.07. The van der Waals surface area contributed by atoms with Crippen LogP contribution in [0.3, 0.4) is 0 Å². The molecular weight excluding hydrogens is 320 g/mol. The first-order chi connectivity index (χ1) is 11.9. The fraction of sp³-hybridized carbons (Fsp3) is 0.316. The molecule has 1 aromatic carbocycles. The number of nitrogens with zero attached hydrogens (tertiary/aromatic N) is 1. The summed E-state index contributed by atoms with van der Waals surface area (Å²) in [5.41, 5.74) is 2.37. The number of aryl methyl sites for hydroxylation is 1. The average molecular weight is 340 g/mol. The number of H-pyrrole nitrogens is 1. The topological polar surface area (TPSA) is 92.2 Å². The molecule has 0 spiro atoms. The molecular formula is C19H20N2O4. The van der Waals surface area contributed by atoms with E-state index >= 15 is 0 Å². The minimum atomic E-state index is -0.750. The van der Waals surface area contributed by atoms with Gasteiger partial charge in [-0.3, -0.25) is 4.79 Å².